The van der Waals surface area contributed by atoms with Crippen LogP contribution in [0.4, 0.5) is 5.13 Å². The lowest BCUT2D eigenvalue weighted by Crippen LogP contribution is -2.29. The van der Waals surface area contributed by atoms with Gasteiger partial charge in [-0.25, -0.2) is 13.1 Å². The Morgan fingerprint density at radius 1 is 1.22 bits per heavy atom. The highest BCUT2D eigenvalue weighted by atomic mass is 35.5. The number of carbonyl (C=O) groups is 1. The molecule has 1 amide bonds. The van der Waals surface area contributed by atoms with Crippen LogP contribution in [0, 0.1) is 5.92 Å². The van der Waals surface area contributed by atoms with E-state index in [1.165, 1.54) is 0 Å². The lowest BCUT2D eigenvalue weighted by Gasteiger charge is -2.14. The van der Waals surface area contributed by atoms with E-state index < -0.39 is 15.9 Å². The van der Waals surface area contributed by atoms with Crippen LogP contribution in [0.1, 0.15) is 49.9 Å². The minimum Gasteiger partial charge on any atom is -0.296 e. The van der Waals surface area contributed by atoms with Crippen LogP contribution in [0.15, 0.2) is 28.6 Å². The number of hydrogen-bond donors (Lipinski definition) is 2. The maximum Gasteiger partial charge on any atom is 0.269 e. The number of aromatic nitrogens is 2. The van der Waals surface area contributed by atoms with Crippen LogP contribution in [0.3, 0.4) is 0 Å². The monoisotopic (exact) mass is 430 g/mol. The highest BCUT2D eigenvalue weighted by molar-refractivity contribution is 7.91. The van der Waals surface area contributed by atoms with Crippen molar-refractivity contribution >= 4 is 44.0 Å². The number of nitrogens with zero attached hydrogens (tertiary/aromatic N) is 2. The molecule has 2 rings (SSSR count). The summed E-state index contributed by atoms with van der Waals surface area (Å²) in [6, 6.07) is 6.33. The molecule has 2 aromatic rings. The predicted molar refractivity (Wildman–Crippen MR) is 108 cm³/mol. The Morgan fingerprint density at radius 3 is 2.56 bits per heavy atom. The van der Waals surface area contributed by atoms with Crippen LogP contribution in [-0.4, -0.2) is 31.1 Å². The molecule has 1 aromatic heterocycles. The minimum atomic E-state index is -3.75. The molecule has 0 saturated heterocycles. The van der Waals surface area contributed by atoms with Gasteiger partial charge in [0.15, 0.2) is 0 Å². The van der Waals surface area contributed by atoms with Gasteiger partial charge in [-0.3, -0.25) is 10.1 Å². The number of hydrogen-bond acceptors (Lipinski definition) is 6. The van der Waals surface area contributed by atoms with E-state index in [-0.39, 0.29) is 15.4 Å². The molecule has 0 bridgehead atoms. The van der Waals surface area contributed by atoms with E-state index in [0.29, 0.717) is 17.1 Å². The van der Waals surface area contributed by atoms with E-state index in [0.717, 1.165) is 37.0 Å². The molecule has 0 aliphatic carbocycles. The first kappa shape index (κ1) is 21.7. The van der Waals surface area contributed by atoms with Crippen LogP contribution in [0.2, 0.25) is 5.02 Å². The van der Waals surface area contributed by atoms with Gasteiger partial charge in [-0.1, -0.05) is 56.0 Å². The van der Waals surface area contributed by atoms with Crippen LogP contribution in [0.5, 0.6) is 0 Å². The molecule has 0 aliphatic heterocycles. The fraction of sp³-hybridized carbons (Fsp3) is 0.471. The fourth-order valence-electron chi connectivity index (χ4n) is 2.37. The topological polar surface area (TPSA) is 101 Å². The van der Waals surface area contributed by atoms with Crippen molar-refractivity contribution in [1.82, 2.24) is 14.9 Å². The van der Waals surface area contributed by atoms with E-state index in [2.05, 4.69) is 27.2 Å². The Bertz CT molecular complexity index is 853. The molecule has 0 fully saturated rings. The van der Waals surface area contributed by atoms with Gasteiger partial charge in [0.05, 0.1) is 0 Å². The average Bonchev–Trinajstić information content (AvgIpc) is 3.12. The second-order valence-electron chi connectivity index (χ2n) is 6.10. The van der Waals surface area contributed by atoms with Crippen molar-refractivity contribution in [3.63, 3.8) is 0 Å². The van der Waals surface area contributed by atoms with E-state index in [4.69, 9.17) is 11.6 Å². The summed E-state index contributed by atoms with van der Waals surface area (Å²) in [5, 5.41) is 10.6. The number of nitrogens with one attached hydrogen (secondary N) is 2. The molecule has 1 aromatic carbocycles. The Hall–Kier alpha value is -1.55. The van der Waals surface area contributed by atoms with Crippen LogP contribution in [-0.2, 0) is 10.0 Å². The van der Waals surface area contributed by atoms with E-state index in [1.807, 2.05) is 6.92 Å². The second kappa shape index (κ2) is 10.1. The first-order chi connectivity index (χ1) is 12.9. The van der Waals surface area contributed by atoms with Gasteiger partial charge in [0, 0.05) is 17.1 Å². The highest BCUT2D eigenvalue weighted by Gasteiger charge is 2.22. The van der Waals surface area contributed by atoms with Crippen molar-refractivity contribution in [2.75, 3.05) is 11.9 Å². The summed E-state index contributed by atoms with van der Waals surface area (Å²) in [7, 11) is -3.75. The van der Waals surface area contributed by atoms with Gasteiger partial charge < -0.3 is 0 Å². The standard InChI is InChI=1S/C17H23ClN4O3S2/c1-3-5-6-12(4-2)11-19-27(24,25)17-22-21-16(26-17)20-15(23)13-7-9-14(18)10-8-13/h7-10,12,19H,3-6,11H2,1-2H3,(H,20,21,23)/t12-/m1/s1. The summed E-state index contributed by atoms with van der Waals surface area (Å²) >= 11 is 6.61. The quantitative estimate of drug-likeness (QED) is 0.556. The first-order valence-corrected chi connectivity index (χ1v) is 11.4. The zero-order chi connectivity index (χ0) is 19.9. The Morgan fingerprint density at radius 2 is 1.93 bits per heavy atom. The maximum atomic E-state index is 12.4. The van der Waals surface area contributed by atoms with Gasteiger partial charge in [0.1, 0.15) is 0 Å². The van der Waals surface area contributed by atoms with E-state index in [9.17, 15) is 13.2 Å². The van der Waals surface area contributed by atoms with Crippen molar-refractivity contribution in [3.8, 4) is 0 Å². The summed E-state index contributed by atoms with van der Waals surface area (Å²) in [4.78, 5) is 12.2. The third-order valence-electron chi connectivity index (χ3n) is 4.07. The number of unbranched alkanes of at least 4 members (excludes halogenated alkanes) is 1. The van der Waals surface area contributed by atoms with Gasteiger partial charge in [0.25, 0.3) is 15.9 Å². The summed E-state index contributed by atoms with van der Waals surface area (Å²) in [6.07, 6.45) is 4.03. The lowest BCUT2D eigenvalue weighted by molar-refractivity contribution is 0.102. The Kier molecular flexibility index (Phi) is 8.15. The molecule has 1 heterocycles. The average molecular weight is 431 g/mol. The molecule has 2 N–H and O–H groups in total. The molecule has 0 unspecified atom stereocenters. The maximum absolute atomic E-state index is 12.4. The zero-order valence-electron chi connectivity index (χ0n) is 15.2. The van der Waals surface area contributed by atoms with Crippen LogP contribution < -0.4 is 10.0 Å². The smallest absolute Gasteiger partial charge is 0.269 e. The van der Waals surface area contributed by atoms with Crippen molar-refractivity contribution in [2.24, 2.45) is 5.92 Å². The number of rotatable bonds is 10. The summed E-state index contributed by atoms with van der Waals surface area (Å²) in [6.45, 7) is 4.52. The molecular formula is C17H23ClN4O3S2. The Labute approximate surface area is 168 Å². The third kappa shape index (κ3) is 6.53. The first-order valence-electron chi connectivity index (χ1n) is 8.75. The van der Waals surface area contributed by atoms with Gasteiger partial charge >= 0.3 is 0 Å². The van der Waals surface area contributed by atoms with Crippen molar-refractivity contribution < 1.29 is 13.2 Å². The van der Waals surface area contributed by atoms with E-state index >= 15 is 0 Å². The minimum absolute atomic E-state index is 0.119. The zero-order valence-corrected chi connectivity index (χ0v) is 17.6. The lowest BCUT2D eigenvalue weighted by atomic mass is 10.00. The van der Waals surface area contributed by atoms with Gasteiger partial charge in [-0.15, -0.1) is 10.2 Å². The molecule has 0 spiro atoms. The molecular weight excluding hydrogens is 408 g/mol. The molecule has 0 aliphatic rings. The third-order valence-corrected chi connectivity index (χ3v) is 6.95. The number of anilines is 1. The number of carbonyl (C=O) groups excluding carboxylic acids is 1. The van der Waals surface area contributed by atoms with Crippen molar-refractivity contribution in [1.29, 1.82) is 0 Å². The summed E-state index contributed by atoms with van der Waals surface area (Å²) < 4.78 is 27.2. The molecule has 148 valence electrons. The summed E-state index contributed by atoms with van der Waals surface area (Å²) in [5.74, 6) is -0.123. The highest BCUT2D eigenvalue weighted by Crippen LogP contribution is 2.21. The number of sulfonamides is 1. The van der Waals surface area contributed by atoms with Crippen LogP contribution in [0.25, 0.3) is 0 Å². The number of halogens is 1. The fourth-order valence-corrected chi connectivity index (χ4v) is 4.55. The molecule has 10 heteroatoms. The Balaban J connectivity index is 1.98. The predicted octanol–water partition coefficient (Wildman–Crippen LogP) is 3.94. The van der Waals surface area contributed by atoms with Gasteiger partial charge in [-0.05, 0) is 36.6 Å². The molecule has 7 nitrogen and oxygen atoms in total. The largest absolute Gasteiger partial charge is 0.296 e. The van der Waals surface area contributed by atoms with Crippen LogP contribution >= 0.6 is 22.9 Å². The SMILES string of the molecule is CCCC[C@@H](CC)CNS(=O)(=O)c1nnc(NC(=O)c2ccc(Cl)cc2)s1. The molecule has 27 heavy (non-hydrogen) atoms. The molecule has 1 atom stereocenters. The van der Waals surface area contributed by atoms with Crippen molar-refractivity contribution in [2.45, 2.75) is 43.9 Å². The normalized spacial score (nSPS) is 12.7. The molecule has 0 radical (unpaired) electrons. The van der Waals surface area contributed by atoms with Gasteiger partial charge in [-0.2, -0.15) is 0 Å². The number of benzene rings is 1. The van der Waals surface area contributed by atoms with Crippen molar-refractivity contribution in [3.05, 3.63) is 34.9 Å². The molecule has 0 saturated carbocycles. The van der Waals surface area contributed by atoms with Gasteiger partial charge in [0.2, 0.25) is 9.47 Å². The second-order valence-corrected chi connectivity index (χ2v) is 9.46. The van der Waals surface area contributed by atoms with E-state index in [1.54, 1.807) is 24.3 Å². The summed E-state index contributed by atoms with van der Waals surface area (Å²) in [5.41, 5.74) is 0.388. The number of amides is 1.